The van der Waals surface area contributed by atoms with Crippen LogP contribution in [0.15, 0.2) is 66.7 Å². The Kier molecular flexibility index (Phi) is 8.00. The molecule has 0 unspecified atom stereocenters. The van der Waals surface area contributed by atoms with Crippen molar-refractivity contribution in [1.29, 1.82) is 0 Å². The molecule has 6 heteroatoms. The summed E-state index contributed by atoms with van der Waals surface area (Å²) in [7, 11) is 0. The van der Waals surface area contributed by atoms with Gasteiger partial charge < -0.3 is 14.7 Å². The normalized spacial score (nSPS) is 16.3. The van der Waals surface area contributed by atoms with Gasteiger partial charge in [0.25, 0.3) is 0 Å². The molecule has 36 heavy (non-hydrogen) atoms. The molecule has 1 aliphatic rings. The molecule has 4 rings (SSSR count). The molecule has 0 aliphatic carbocycles. The number of halogens is 1. The number of hydrogen-bond acceptors (Lipinski definition) is 3. The summed E-state index contributed by atoms with van der Waals surface area (Å²) in [5, 5.41) is 10.0. The smallest absolute Gasteiger partial charge is 0.323 e. The van der Waals surface area contributed by atoms with Crippen LogP contribution in [0.25, 0.3) is 0 Å². The van der Waals surface area contributed by atoms with E-state index in [0.717, 1.165) is 45.9 Å². The highest BCUT2D eigenvalue weighted by Gasteiger charge is 2.35. The number of fused-ring (bicyclic) bond motifs is 1. The van der Waals surface area contributed by atoms with E-state index in [9.17, 15) is 14.7 Å². The first-order valence-electron chi connectivity index (χ1n) is 12.3. The fraction of sp³-hybridized carbons (Fsp3) is 0.333. The van der Waals surface area contributed by atoms with Crippen LogP contribution in [-0.2, 0) is 35.3 Å². The summed E-state index contributed by atoms with van der Waals surface area (Å²) >= 11 is 6.01. The molecule has 0 bridgehead atoms. The minimum Gasteiger partial charge on any atom is -0.487 e. The van der Waals surface area contributed by atoms with Crippen molar-refractivity contribution in [2.45, 2.75) is 51.6 Å². The molecule has 0 radical (unpaired) electrons. The van der Waals surface area contributed by atoms with Crippen molar-refractivity contribution in [3.63, 3.8) is 0 Å². The van der Waals surface area contributed by atoms with Crippen molar-refractivity contribution < 1.29 is 19.4 Å². The highest BCUT2D eigenvalue weighted by molar-refractivity contribution is 6.30. The van der Waals surface area contributed by atoms with Gasteiger partial charge in [-0.3, -0.25) is 9.59 Å². The summed E-state index contributed by atoms with van der Waals surface area (Å²) < 4.78 is 6.30. The molecule has 0 fully saturated rings. The maximum absolute atomic E-state index is 12.9. The van der Waals surface area contributed by atoms with E-state index >= 15 is 0 Å². The largest absolute Gasteiger partial charge is 0.487 e. The van der Waals surface area contributed by atoms with Crippen molar-refractivity contribution in [2.24, 2.45) is 0 Å². The fourth-order valence-electron chi connectivity index (χ4n) is 4.86. The Balaban J connectivity index is 1.35. The first kappa shape index (κ1) is 25.8. The average molecular weight is 506 g/mol. The first-order valence-corrected chi connectivity index (χ1v) is 12.7. The van der Waals surface area contributed by atoms with Crippen molar-refractivity contribution in [2.75, 3.05) is 13.1 Å². The van der Waals surface area contributed by atoms with E-state index < -0.39 is 5.97 Å². The second-order valence-corrected chi connectivity index (χ2v) is 10.4. The molecule has 1 aliphatic heterocycles. The predicted octanol–water partition coefficient (Wildman–Crippen LogP) is 5.67. The van der Waals surface area contributed by atoms with Gasteiger partial charge in [0.05, 0.1) is 0 Å². The van der Waals surface area contributed by atoms with E-state index in [1.807, 2.05) is 61.5 Å². The topological polar surface area (TPSA) is 66.8 Å². The molecular weight excluding hydrogens is 474 g/mol. The van der Waals surface area contributed by atoms with Crippen LogP contribution in [-0.4, -0.2) is 40.6 Å². The lowest BCUT2D eigenvalue weighted by molar-refractivity contribution is -0.144. The Bertz CT molecular complexity index is 1240. The van der Waals surface area contributed by atoms with Crippen LogP contribution in [0.5, 0.6) is 5.75 Å². The molecule has 0 saturated heterocycles. The number of benzene rings is 3. The number of carbonyl (C=O) groups is 2. The minimum atomic E-state index is -0.998. The zero-order valence-corrected chi connectivity index (χ0v) is 21.6. The van der Waals surface area contributed by atoms with Gasteiger partial charge >= 0.3 is 5.97 Å². The van der Waals surface area contributed by atoms with Crippen LogP contribution < -0.4 is 4.74 Å². The molecule has 3 aromatic carbocycles. The van der Waals surface area contributed by atoms with E-state index in [-0.39, 0.29) is 24.5 Å². The lowest BCUT2D eigenvalue weighted by Crippen LogP contribution is -2.37. The molecule has 188 valence electrons. The number of carbonyl (C=O) groups excluding carboxylic acids is 1. The second-order valence-electron chi connectivity index (χ2n) is 9.92. The van der Waals surface area contributed by atoms with Crippen molar-refractivity contribution in [3.8, 4) is 5.75 Å². The number of amides is 1. The number of carboxylic acid groups (broad SMARTS) is 1. The van der Waals surface area contributed by atoms with Gasteiger partial charge in [-0.15, -0.1) is 0 Å². The summed E-state index contributed by atoms with van der Waals surface area (Å²) in [4.78, 5) is 25.8. The third-order valence-electron chi connectivity index (χ3n) is 6.60. The predicted molar refractivity (Wildman–Crippen MR) is 142 cm³/mol. The Morgan fingerprint density at radius 2 is 1.72 bits per heavy atom. The molecule has 0 spiro atoms. The van der Waals surface area contributed by atoms with E-state index in [2.05, 4.69) is 19.1 Å². The molecule has 3 aromatic rings. The molecule has 1 N–H and O–H groups in total. The molecular formula is C30H32ClNO4. The van der Waals surface area contributed by atoms with Crippen molar-refractivity contribution in [3.05, 3.63) is 99.6 Å². The van der Waals surface area contributed by atoms with Crippen LogP contribution >= 0.6 is 11.6 Å². The standard InChI is InChI=1S/C30H32ClNO4/c1-21-4-3-5-22(16-21)14-15-32(20-29(34)35)28(33)13-9-23-8-12-27-25(17-23)19-30(2,36-27)18-24-6-10-26(31)11-7-24/h3-8,10-12,16-17H,9,13-15,18-20H2,1-2H3,(H,34,35)/t30-/m1/s1. The summed E-state index contributed by atoms with van der Waals surface area (Å²) in [6.45, 7) is 4.23. The van der Waals surface area contributed by atoms with E-state index in [4.69, 9.17) is 16.3 Å². The number of carboxylic acids is 1. The summed E-state index contributed by atoms with van der Waals surface area (Å²) in [5.74, 6) is -0.260. The highest BCUT2D eigenvalue weighted by atomic mass is 35.5. The molecule has 0 aromatic heterocycles. The number of nitrogens with zero attached hydrogens (tertiary/aromatic N) is 1. The quantitative estimate of drug-likeness (QED) is 0.385. The highest BCUT2D eigenvalue weighted by Crippen LogP contribution is 2.37. The van der Waals surface area contributed by atoms with Crippen molar-refractivity contribution in [1.82, 2.24) is 4.90 Å². The van der Waals surface area contributed by atoms with Crippen LogP contribution in [0.4, 0.5) is 0 Å². The van der Waals surface area contributed by atoms with Crippen molar-refractivity contribution >= 4 is 23.5 Å². The number of aliphatic carboxylic acids is 1. The van der Waals surface area contributed by atoms with Crippen LogP contribution in [0.3, 0.4) is 0 Å². The summed E-state index contributed by atoms with van der Waals surface area (Å²) in [5.41, 5.74) is 5.27. The van der Waals surface area contributed by atoms with Crippen LogP contribution in [0.1, 0.15) is 41.2 Å². The van der Waals surface area contributed by atoms with Gasteiger partial charge in [-0.2, -0.15) is 0 Å². The Morgan fingerprint density at radius 3 is 2.44 bits per heavy atom. The van der Waals surface area contributed by atoms with E-state index in [1.54, 1.807) is 0 Å². The summed E-state index contributed by atoms with van der Waals surface area (Å²) in [6, 6.07) is 22.0. The summed E-state index contributed by atoms with van der Waals surface area (Å²) in [6.07, 6.45) is 3.01. The number of rotatable bonds is 10. The van der Waals surface area contributed by atoms with Crippen LogP contribution in [0, 0.1) is 6.92 Å². The molecule has 0 saturated carbocycles. The number of aryl methyl sites for hydroxylation is 2. The Hall–Kier alpha value is -3.31. The molecule has 1 heterocycles. The zero-order valence-electron chi connectivity index (χ0n) is 20.8. The minimum absolute atomic E-state index is 0.144. The SMILES string of the molecule is Cc1cccc(CCN(CC(=O)O)C(=O)CCc2ccc3c(c2)C[C@@](C)(Cc2ccc(Cl)cc2)O3)c1. The van der Waals surface area contributed by atoms with Gasteiger partial charge in [-0.25, -0.2) is 0 Å². The lowest BCUT2D eigenvalue weighted by atomic mass is 9.91. The average Bonchev–Trinajstić information content (AvgIpc) is 3.16. The third-order valence-corrected chi connectivity index (χ3v) is 6.85. The van der Waals surface area contributed by atoms with Gasteiger partial charge in [0.2, 0.25) is 5.91 Å². The van der Waals surface area contributed by atoms with E-state index in [0.29, 0.717) is 19.4 Å². The number of ether oxygens (including phenoxy) is 1. The van der Waals surface area contributed by atoms with Gasteiger partial charge in [0.1, 0.15) is 17.9 Å². The van der Waals surface area contributed by atoms with Gasteiger partial charge in [-0.05, 0) is 67.1 Å². The zero-order chi connectivity index (χ0) is 25.7. The van der Waals surface area contributed by atoms with E-state index in [1.165, 1.54) is 10.5 Å². The van der Waals surface area contributed by atoms with Gasteiger partial charge in [-0.1, -0.05) is 65.7 Å². The third kappa shape index (κ3) is 6.88. The second kappa shape index (κ2) is 11.2. The lowest BCUT2D eigenvalue weighted by Gasteiger charge is -2.24. The molecule has 5 nitrogen and oxygen atoms in total. The Morgan fingerprint density at radius 1 is 1.00 bits per heavy atom. The van der Waals surface area contributed by atoms with Gasteiger partial charge in [0, 0.05) is 30.8 Å². The maximum Gasteiger partial charge on any atom is 0.323 e. The monoisotopic (exact) mass is 505 g/mol. The Labute approximate surface area is 217 Å². The van der Waals surface area contributed by atoms with Crippen LogP contribution in [0.2, 0.25) is 5.02 Å². The maximum atomic E-state index is 12.9. The van der Waals surface area contributed by atoms with Gasteiger partial charge in [0.15, 0.2) is 0 Å². The first-order chi connectivity index (χ1) is 17.2. The molecule has 1 amide bonds. The number of hydrogen-bond donors (Lipinski definition) is 1. The molecule has 1 atom stereocenters. The fourth-order valence-corrected chi connectivity index (χ4v) is 4.99.